The molecule has 10 rings (SSSR count). The number of methoxy groups -OCH3 is 1. The molecule has 2 aromatic heterocycles. The van der Waals surface area contributed by atoms with Crippen molar-refractivity contribution in [3.63, 3.8) is 0 Å². The lowest BCUT2D eigenvalue weighted by Crippen LogP contribution is -2.51. The van der Waals surface area contributed by atoms with E-state index in [1.54, 1.807) is 18.2 Å². The SMILES string of the molecule is CCCc1cc(F)c(CCC2=CC(c3cc4nc(C5CC6CCCCC6N5C)[nH]c4cc3F)C(C)C(C)=C2)c(-c2cc3nc(C4CC5CCCCC5N4C(=O)C(CCC)NC(=O)OC)[nH]c3cc2F)c1. The highest BCUT2D eigenvalue weighted by Crippen LogP contribution is 2.48. The Morgan fingerprint density at radius 2 is 1.44 bits per heavy atom. The molecule has 9 atom stereocenters. The number of benzene rings is 3. The van der Waals surface area contributed by atoms with Gasteiger partial charge in [-0.1, -0.05) is 88.7 Å². The summed E-state index contributed by atoms with van der Waals surface area (Å²) in [6.45, 7) is 8.22. The molecule has 3 aromatic carbocycles. The van der Waals surface area contributed by atoms with Gasteiger partial charge in [0.15, 0.2) is 0 Å². The van der Waals surface area contributed by atoms with Crippen molar-refractivity contribution in [3.05, 3.63) is 105 Å². The second kappa shape index (κ2) is 20.0. The van der Waals surface area contributed by atoms with Crippen LogP contribution >= 0.6 is 0 Å². The summed E-state index contributed by atoms with van der Waals surface area (Å²) in [4.78, 5) is 48.2. The van der Waals surface area contributed by atoms with Gasteiger partial charge >= 0.3 is 6.09 Å². The average Bonchev–Trinajstić information content (AvgIpc) is 4.14. The smallest absolute Gasteiger partial charge is 0.407 e. The monoisotopic (exact) mass is 958 g/mol. The molecule has 0 radical (unpaired) electrons. The van der Waals surface area contributed by atoms with E-state index in [2.05, 4.69) is 53.2 Å². The standard InChI is InChI=1S/C57H70F3N7O3/c1-7-13-33-23-39(41-28-47-49(30-44(41)60)64-55(62-47)53-26-36-16-10-12-18-51(36)67(53)56(68)45(14-8-2)65-57(69)70-6)37(42(58)24-33)20-19-34-21-31(3)32(4)38(22-34)40-27-46-48(29-43(40)59)63-54(61-46)52-25-35-15-9-11-17-50(35)66(52)5/h21-24,27-30,32,35-36,38,45,50-53H,7-20,25-26H2,1-6H3,(H,61,63)(H,62,64)(H,65,69). The van der Waals surface area contributed by atoms with E-state index < -0.39 is 18.0 Å². The molecule has 10 nitrogen and oxygen atoms in total. The minimum atomic E-state index is -0.745. The molecular formula is C57H70F3N7O3. The second-order valence-electron chi connectivity index (χ2n) is 21.4. The summed E-state index contributed by atoms with van der Waals surface area (Å²) in [5, 5.41) is 2.77. The van der Waals surface area contributed by atoms with Crippen molar-refractivity contribution >= 4 is 34.1 Å². The zero-order valence-electron chi connectivity index (χ0n) is 41.8. The van der Waals surface area contributed by atoms with Gasteiger partial charge in [-0.2, -0.15) is 0 Å². The number of aromatic nitrogens is 4. The molecule has 0 spiro atoms. The molecule has 2 saturated carbocycles. The average molecular weight is 958 g/mol. The predicted molar refractivity (Wildman–Crippen MR) is 269 cm³/mol. The highest BCUT2D eigenvalue weighted by molar-refractivity contribution is 5.87. The van der Waals surface area contributed by atoms with Crippen molar-refractivity contribution in [1.29, 1.82) is 0 Å². The van der Waals surface area contributed by atoms with Crippen molar-refractivity contribution in [2.45, 2.75) is 167 Å². The molecule has 2 aliphatic heterocycles. The molecule has 3 aliphatic carbocycles. The number of carbonyl (C=O) groups is 2. The third-order valence-electron chi connectivity index (χ3n) is 17.1. The molecule has 70 heavy (non-hydrogen) atoms. The molecule has 0 bridgehead atoms. The number of carbonyl (C=O) groups excluding carboxylic acids is 2. The van der Waals surface area contributed by atoms with Crippen molar-refractivity contribution in [2.24, 2.45) is 17.8 Å². The number of rotatable bonds is 13. The van der Waals surface area contributed by atoms with Gasteiger partial charge < -0.3 is 24.9 Å². The van der Waals surface area contributed by atoms with E-state index in [4.69, 9.17) is 14.7 Å². The molecule has 2 saturated heterocycles. The number of likely N-dealkylation sites (tertiary alicyclic amines) is 2. The molecule has 372 valence electrons. The molecule has 9 unspecified atom stereocenters. The maximum absolute atomic E-state index is 16.7. The second-order valence-corrected chi connectivity index (χ2v) is 21.4. The predicted octanol–water partition coefficient (Wildman–Crippen LogP) is 13.0. The number of nitrogens with one attached hydrogen (secondary N) is 3. The van der Waals surface area contributed by atoms with Crippen LogP contribution in [0.15, 0.2) is 59.7 Å². The zero-order chi connectivity index (χ0) is 49.0. The summed E-state index contributed by atoms with van der Waals surface area (Å²) in [6, 6.07) is 9.83. The van der Waals surface area contributed by atoms with Gasteiger partial charge in [0, 0.05) is 29.6 Å². The van der Waals surface area contributed by atoms with Crippen LogP contribution in [0.4, 0.5) is 18.0 Å². The zero-order valence-corrected chi connectivity index (χ0v) is 41.8. The van der Waals surface area contributed by atoms with Crippen LogP contribution < -0.4 is 5.32 Å². The van der Waals surface area contributed by atoms with Crippen LogP contribution in [0.3, 0.4) is 0 Å². The summed E-state index contributed by atoms with van der Waals surface area (Å²) in [7, 11) is 3.50. The Kier molecular flexibility index (Phi) is 13.8. The molecule has 4 fully saturated rings. The lowest BCUT2D eigenvalue weighted by atomic mass is 9.76. The van der Waals surface area contributed by atoms with Gasteiger partial charge in [-0.05, 0) is 142 Å². The lowest BCUT2D eigenvalue weighted by molar-refractivity contribution is -0.137. The highest BCUT2D eigenvalue weighted by Gasteiger charge is 2.48. The van der Waals surface area contributed by atoms with Crippen LogP contribution in [0.1, 0.15) is 164 Å². The fraction of sp³-hybridized carbons (Fsp3) is 0.544. The third kappa shape index (κ3) is 9.09. The third-order valence-corrected chi connectivity index (χ3v) is 17.1. The number of imidazole rings is 2. The summed E-state index contributed by atoms with van der Waals surface area (Å²) in [5.41, 5.74) is 7.17. The maximum atomic E-state index is 16.7. The number of allylic oxidation sites excluding steroid dienone is 4. The Bertz CT molecular complexity index is 2850. The number of ether oxygens (including phenoxy) is 1. The number of amides is 2. The molecule has 3 N–H and O–H groups in total. The molecule has 5 aliphatic rings. The minimum Gasteiger partial charge on any atom is -0.453 e. The number of hydrogen-bond donors (Lipinski definition) is 3. The van der Waals surface area contributed by atoms with E-state index in [1.165, 1.54) is 38.9 Å². The van der Waals surface area contributed by atoms with Crippen molar-refractivity contribution in [3.8, 4) is 11.1 Å². The molecule has 5 aromatic rings. The van der Waals surface area contributed by atoms with Gasteiger partial charge in [0.2, 0.25) is 5.91 Å². The number of fused-ring (bicyclic) bond motifs is 4. The van der Waals surface area contributed by atoms with Crippen LogP contribution in [0.2, 0.25) is 0 Å². The number of hydrogen-bond acceptors (Lipinski definition) is 6. The number of H-pyrrole nitrogens is 2. The molecular weight excluding hydrogens is 888 g/mol. The van der Waals surface area contributed by atoms with Gasteiger partial charge in [-0.15, -0.1) is 0 Å². The number of aryl methyl sites for hydroxylation is 1. The van der Waals surface area contributed by atoms with E-state index in [-0.39, 0.29) is 59.0 Å². The van der Waals surface area contributed by atoms with Crippen molar-refractivity contribution in [1.82, 2.24) is 35.1 Å². The van der Waals surface area contributed by atoms with E-state index in [9.17, 15) is 9.59 Å². The van der Waals surface area contributed by atoms with Gasteiger partial charge in [0.1, 0.15) is 35.1 Å². The van der Waals surface area contributed by atoms with Gasteiger partial charge in [0.05, 0.1) is 41.3 Å². The first kappa shape index (κ1) is 48.2. The number of alkyl carbamates (subject to hydrolysis) is 1. The van der Waals surface area contributed by atoms with Crippen LogP contribution in [0, 0.1) is 35.2 Å². The number of halogens is 3. The summed E-state index contributed by atoms with van der Waals surface area (Å²) in [5.74, 6) is 0.928. The minimum absolute atomic E-state index is 0.00849. The van der Waals surface area contributed by atoms with Crippen molar-refractivity contribution in [2.75, 3.05) is 14.2 Å². The van der Waals surface area contributed by atoms with E-state index >= 15 is 13.2 Å². The Morgan fingerprint density at radius 3 is 2.14 bits per heavy atom. The summed E-state index contributed by atoms with van der Waals surface area (Å²) in [6.07, 6.45) is 17.8. The van der Waals surface area contributed by atoms with Crippen LogP contribution in [-0.2, 0) is 22.4 Å². The van der Waals surface area contributed by atoms with E-state index in [0.717, 1.165) is 66.6 Å². The first-order valence-electron chi connectivity index (χ1n) is 26.3. The van der Waals surface area contributed by atoms with Gasteiger partial charge in [0.25, 0.3) is 0 Å². The summed E-state index contributed by atoms with van der Waals surface area (Å²) >= 11 is 0. The Hall–Kier alpha value is -5.43. The first-order chi connectivity index (χ1) is 33.8. The lowest BCUT2D eigenvalue weighted by Gasteiger charge is -2.35. The van der Waals surface area contributed by atoms with Crippen LogP contribution in [-0.4, -0.2) is 74.0 Å². The quantitative estimate of drug-likeness (QED) is 0.108. The fourth-order valence-corrected chi connectivity index (χ4v) is 13.4. The van der Waals surface area contributed by atoms with Gasteiger partial charge in [-0.25, -0.2) is 27.9 Å². The Morgan fingerprint density at radius 1 is 0.786 bits per heavy atom. The van der Waals surface area contributed by atoms with Crippen LogP contribution in [0.25, 0.3) is 33.2 Å². The highest BCUT2D eigenvalue weighted by atomic mass is 19.1. The Labute approximate surface area is 410 Å². The largest absolute Gasteiger partial charge is 0.453 e. The topological polar surface area (TPSA) is 119 Å². The number of nitrogens with zero attached hydrogens (tertiary/aromatic N) is 4. The maximum Gasteiger partial charge on any atom is 0.407 e. The van der Waals surface area contributed by atoms with E-state index in [1.807, 2.05) is 30.9 Å². The molecule has 13 heteroatoms. The summed E-state index contributed by atoms with van der Waals surface area (Å²) < 4.78 is 54.5. The van der Waals surface area contributed by atoms with Crippen molar-refractivity contribution < 1.29 is 27.5 Å². The van der Waals surface area contributed by atoms with Crippen LogP contribution in [0.5, 0.6) is 0 Å². The Balaban J connectivity index is 0.941. The fourth-order valence-electron chi connectivity index (χ4n) is 13.4. The molecule has 2 amide bonds. The normalized spacial score (nSPS) is 26.3. The molecule has 4 heterocycles. The van der Waals surface area contributed by atoms with Gasteiger partial charge in [-0.3, -0.25) is 9.69 Å². The van der Waals surface area contributed by atoms with E-state index in [0.29, 0.717) is 89.5 Å². The first-order valence-corrected chi connectivity index (χ1v) is 26.3. The number of aromatic amines is 2.